The average Bonchev–Trinajstić information content (AvgIpc) is 2.23. The van der Waals surface area contributed by atoms with Gasteiger partial charge in [-0.25, -0.2) is 4.79 Å². The Balaban J connectivity index is 4.47. The van der Waals surface area contributed by atoms with Gasteiger partial charge >= 0.3 is 11.9 Å². The first kappa shape index (κ1) is 18.9. The lowest BCUT2D eigenvalue weighted by Crippen LogP contribution is -2.34. The predicted octanol–water partition coefficient (Wildman–Crippen LogP) is 3.12. The average molecular weight is 288 g/mol. The Morgan fingerprint density at radius 3 is 2.00 bits per heavy atom. The maximum Gasteiger partial charge on any atom is 0.345 e. The molecule has 1 unspecified atom stereocenters. The first-order valence-corrected chi connectivity index (χ1v) is 6.87. The van der Waals surface area contributed by atoms with Crippen molar-refractivity contribution in [2.45, 2.75) is 54.4 Å². The first-order chi connectivity index (χ1) is 8.97. The van der Waals surface area contributed by atoms with Gasteiger partial charge in [-0.2, -0.15) is 4.89 Å². The number of esters is 1. The molecule has 1 atom stereocenters. The highest BCUT2D eigenvalue weighted by atomic mass is 17.2. The number of carbonyl (C=O) groups excluding carboxylic acids is 2. The zero-order valence-corrected chi connectivity index (χ0v) is 13.7. The van der Waals surface area contributed by atoms with Crippen molar-refractivity contribution >= 4 is 11.9 Å². The van der Waals surface area contributed by atoms with Crippen LogP contribution in [0.1, 0.15) is 54.4 Å². The van der Waals surface area contributed by atoms with Crippen molar-refractivity contribution in [3.05, 3.63) is 0 Å². The van der Waals surface area contributed by atoms with Crippen LogP contribution in [0.2, 0.25) is 0 Å². The van der Waals surface area contributed by atoms with Crippen LogP contribution in [0.15, 0.2) is 0 Å². The fourth-order valence-corrected chi connectivity index (χ4v) is 1.83. The molecule has 5 heteroatoms. The van der Waals surface area contributed by atoms with Crippen molar-refractivity contribution in [3.8, 4) is 0 Å². The molecule has 0 aromatic rings. The molecule has 0 saturated carbocycles. The van der Waals surface area contributed by atoms with E-state index >= 15 is 0 Å². The zero-order chi connectivity index (χ0) is 16.0. The maximum absolute atomic E-state index is 12.2. The summed E-state index contributed by atoms with van der Waals surface area (Å²) in [5.74, 6) is -1.03. The van der Waals surface area contributed by atoms with E-state index in [0.717, 1.165) is 6.42 Å². The summed E-state index contributed by atoms with van der Waals surface area (Å²) in [6, 6.07) is 0. The molecule has 0 amide bonds. The van der Waals surface area contributed by atoms with Crippen molar-refractivity contribution in [2.24, 2.45) is 16.7 Å². The Kier molecular flexibility index (Phi) is 7.20. The van der Waals surface area contributed by atoms with E-state index in [1.165, 1.54) is 7.11 Å². The smallest absolute Gasteiger partial charge is 0.345 e. The number of hydrogen-bond acceptors (Lipinski definition) is 5. The molecule has 0 bridgehead atoms. The second kappa shape index (κ2) is 7.62. The third kappa shape index (κ3) is 8.15. The molecule has 5 nitrogen and oxygen atoms in total. The maximum atomic E-state index is 12.2. The molecule has 0 fully saturated rings. The number of ether oxygens (including phenoxy) is 1. The highest BCUT2D eigenvalue weighted by molar-refractivity contribution is 5.74. The van der Waals surface area contributed by atoms with Crippen molar-refractivity contribution < 1.29 is 24.1 Å². The summed E-state index contributed by atoms with van der Waals surface area (Å²) in [7, 11) is 1.25. The molecule has 0 aromatic heterocycles. The Morgan fingerprint density at radius 1 is 1.05 bits per heavy atom. The number of carbonyl (C=O) groups is 2. The lowest BCUT2D eigenvalue weighted by Gasteiger charge is -2.33. The summed E-state index contributed by atoms with van der Waals surface area (Å²) >= 11 is 0. The molecule has 0 aromatic carbocycles. The highest BCUT2D eigenvalue weighted by Gasteiger charge is 2.35. The van der Waals surface area contributed by atoms with Gasteiger partial charge in [-0.1, -0.05) is 41.5 Å². The highest BCUT2D eigenvalue weighted by Crippen LogP contribution is 2.36. The Bertz CT molecular complexity index is 322. The van der Waals surface area contributed by atoms with Crippen LogP contribution in [0.3, 0.4) is 0 Å². The molecule has 0 radical (unpaired) electrons. The summed E-state index contributed by atoms with van der Waals surface area (Å²) in [6.45, 7) is 12.3. The molecule has 0 spiro atoms. The summed E-state index contributed by atoms with van der Waals surface area (Å²) < 4.78 is 5.20. The zero-order valence-electron chi connectivity index (χ0n) is 13.7. The Morgan fingerprint density at radius 2 is 1.60 bits per heavy atom. The van der Waals surface area contributed by atoms with Crippen molar-refractivity contribution in [3.63, 3.8) is 0 Å². The van der Waals surface area contributed by atoms with E-state index in [-0.39, 0.29) is 35.7 Å². The second-order valence-electron chi connectivity index (χ2n) is 7.22. The van der Waals surface area contributed by atoms with Crippen LogP contribution in [0.4, 0.5) is 0 Å². The Labute approximate surface area is 121 Å². The SMILES string of the molecule is COOC(=O)CCOC(=O)C(CC(C)(C)C)C(C)(C)C. The molecule has 0 aliphatic carbocycles. The van der Waals surface area contributed by atoms with Crippen molar-refractivity contribution in [1.29, 1.82) is 0 Å². The molecular formula is C15H28O5. The van der Waals surface area contributed by atoms with Gasteiger partial charge < -0.3 is 4.74 Å². The molecule has 0 rings (SSSR count). The topological polar surface area (TPSA) is 61.8 Å². The van der Waals surface area contributed by atoms with Gasteiger partial charge in [0.05, 0.1) is 19.4 Å². The summed E-state index contributed by atoms with van der Waals surface area (Å²) in [4.78, 5) is 31.8. The van der Waals surface area contributed by atoms with Crippen LogP contribution in [0.5, 0.6) is 0 Å². The summed E-state index contributed by atoms with van der Waals surface area (Å²) in [5, 5.41) is 0. The van der Waals surface area contributed by atoms with E-state index < -0.39 is 5.97 Å². The minimum atomic E-state index is -0.552. The number of hydrogen-bond donors (Lipinski definition) is 0. The van der Waals surface area contributed by atoms with Gasteiger partial charge in [-0.3, -0.25) is 9.68 Å². The quantitative estimate of drug-likeness (QED) is 0.427. The monoisotopic (exact) mass is 288 g/mol. The molecule has 0 heterocycles. The molecule has 0 saturated heterocycles. The van der Waals surface area contributed by atoms with Gasteiger partial charge in [-0.15, -0.1) is 0 Å². The van der Waals surface area contributed by atoms with Gasteiger partial charge in [0.15, 0.2) is 0 Å². The van der Waals surface area contributed by atoms with Gasteiger partial charge in [-0.05, 0) is 17.3 Å². The molecule has 0 aliphatic rings. The van der Waals surface area contributed by atoms with E-state index in [1.54, 1.807) is 0 Å². The fourth-order valence-electron chi connectivity index (χ4n) is 1.83. The van der Waals surface area contributed by atoms with Gasteiger partial charge in [0.1, 0.15) is 6.61 Å². The van der Waals surface area contributed by atoms with Crippen molar-refractivity contribution in [2.75, 3.05) is 13.7 Å². The van der Waals surface area contributed by atoms with Crippen LogP contribution in [-0.4, -0.2) is 25.7 Å². The predicted molar refractivity (Wildman–Crippen MR) is 75.7 cm³/mol. The fraction of sp³-hybridized carbons (Fsp3) is 0.867. The van der Waals surface area contributed by atoms with Crippen LogP contribution in [-0.2, 0) is 24.1 Å². The molecular weight excluding hydrogens is 260 g/mol. The second-order valence-corrected chi connectivity index (χ2v) is 7.22. The third-order valence-electron chi connectivity index (χ3n) is 2.87. The lowest BCUT2D eigenvalue weighted by atomic mass is 9.72. The molecule has 0 N–H and O–H groups in total. The van der Waals surface area contributed by atoms with E-state index in [9.17, 15) is 9.59 Å². The standard InChI is InChI=1S/C15H28O5/c1-14(2,3)10-11(15(4,5)6)13(17)19-9-8-12(16)20-18-7/h11H,8-10H2,1-7H3. The van der Waals surface area contributed by atoms with Gasteiger partial charge in [0.2, 0.25) is 0 Å². The van der Waals surface area contributed by atoms with E-state index in [0.29, 0.717) is 0 Å². The van der Waals surface area contributed by atoms with Crippen LogP contribution >= 0.6 is 0 Å². The number of rotatable bonds is 6. The summed E-state index contributed by atoms with van der Waals surface area (Å²) in [6.07, 6.45) is 0.726. The van der Waals surface area contributed by atoms with E-state index in [2.05, 4.69) is 30.5 Å². The minimum Gasteiger partial charge on any atom is -0.465 e. The van der Waals surface area contributed by atoms with Gasteiger partial charge in [0.25, 0.3) is 0 Å². The summed E-state index contributed by atoms with van der Waals surface area (Å²) in [5.41, 5.74) is -0.149. The van der Waals surface area contributed by atoms with Crippen LogP contribution < -0.4 is 0 Å². The van der Waals surface area contributed by atoms with Crippen molar-refractivity contribution in [1.82, 2.24) is 0 Å². The lowest BCUT2D eigenvalue weighted by molar-refractivity contribution is -0.255. The minimum absolute atomic E-state index is 0.00798. The first-order valence-electron chi connectivity index (χ1n) is 6.87. The molecule has 0 aliphatic heterocycles. The largest absolute Gasteiger partial charge is 0.465 e. The molecule has 118 valence electrons. The van der Waals surface area contributed by atoms with Crippen LogP contribution in [0, 0.1) is 16.7 Å². The van der Waals surface area contributed by atoms with E-state index in [4.69, 9.17) is 4.74 Å². The normalized spacial score (nSPS) is 13.8. The van der Waals surface area contributed by atoms with Gasteiger partial charge in [0, 0.05) is 0 Å². The molecule has 20 heavy (non-hydrogen) atoms. The third-order valence-corrected chi connectivity index (χ3v) is 2.87. The van der Waals surface area contributed by atoms with E-state index in [1.807, 2.05) is 20.8 Å². The Hall–Kier alpha value is -1.10. The van der Waals surface area contributed by atoms with Crippen LogP contribution in [0.25, 0.3) is 0 Å².